The third-order valence-corrected chi connectivity index (χ3v) is 5.50. The molecule has 0 saturated carbocycles. The van der Waals surface area contributed by atoms with E-state index < -0.39 is 6.10 Å². The Bertz CT molecular complexity index is 769. The summed E-state index contributed by atoms with van der Waals surface area (Å²) in [6, 6.07) is 5.86. The van der Waals surface area contributed by atoms with Gasteiger partial charge in [-0.05, 0) is 24.6 Å². The monoisotopic (exact) mass is 437 g/mol. The van der Waals surface area contributed by atoms with Crippen molar-refractivity contribution in [1.82, 2.24) is 25.4 Å². The number of thioether (sulfide) groups is 1. The van der Waals surface area contributed by atoms with E-state index in [0.717, 1.165) is 61.7 Å². The molecule has 0 radical (unpaired) electrons. The number of aryl methyl sites for hydroxylation is 1. The Labute approximate surface area is 181 Å². The summed E-state index contributed by atoms with van der Waals surface area (Å²) in [6.07, 6.45) is -0.556. The molecule has 3 rings (SSSR count). The van der Waals surface area contributed by atoms with E-state index in [-0.39, 0.29) is 6.61 Å². The molecule has 1 fully saturated rings. The highest BCUT2D eigenvalue weighted by Gasteiger charge is 2.16. The van der Waals surface area contributed by atoms with Gasteiger partial charge in [0.2, 0.25) is 5.16 Å². The van der Waals surface area contributed by atoms with Crippen LogP contribution in [0.1, 0.15) is 11.4 Å². The molecule has 1 atom stereocenters. The van der Waals surface area contributed by atoms with E-state index in [9.17, 15) is 5.11 Å². The number of aromatic nitrogens is 3. The van der Waals surface area contributed by atoms with E-state index in [2.05, 4.69) is 25.4 Å². The summed E-state index contributed by atoms with van der Waals surface area (Å²) in [6.45, 7) is 7.39. The summed E-state index contributed by atoms with van der Waals surface area (Å²) in [5, 5.41) is 21.4. The van der Waals surface area contributed by atoms with Crippen molar-refractivity contribution in [2.45, 2.75) is 24.7 Å². The molecule has 0 aliphatic carbocycles. The van der Waals surface area contributed by atoms with Gasteiger partial charge in [-0.1, -0.05) is 17.8 Å². The van der Waals surface area contributed by atoms with E-state index in [0.29, 0.717) is 18.0 Å². The topological polar surface area (TPSA) is 105 Å². The van der Waals surface area contributed by atoms with E-state index in [4.69, 9.17) is 14.2 Å². The molecule has 166 valence electrons. The fraction of sp³-hybridized carbons (Fsp3) is 0.600. The third-order valence-electron chi connectivity index (χ3n) is 4.65. The van der Waals surface area contributed by atoms with Crippen molar-refractivity contribution in [3.05, 3.63) is 29.6 Å². The first-order valence-corrected chi connectivity index (χ1v) is 11.1. The number of benzene rings is 1. The van der Waals surface area contributed by atoms with Gasteiger partial charge in [0.05, 0.1) is 20.3 Å². The first-order chi connectivity index (χ1) is 14.6. The fourth-order valence-electron chi connectivity index (χ4n) is 3.10. The molecular formula is C20H31N5O4S. The number of hydrogen-bond donors (Lipinski definition) is 3. The molecule has 9 nitrogen and oxygen atoms in total. The van der Waals surface area contributed by atoms with Crippen molar-refractivity contribution in [1.29, 1.82) is 0 Å². The molecule has 3 N–H and O–H groups in total. The number of H-pyrrole nitrogens is 1. The second-order valence-corrected chi connectivity index (χ2v) is 8.15. The van der Waals surface area contributed by atoms with Crippen LogP contribution in [0.3, 0.4) is 0 Å². The van der Waals surface area contributed by atoms with Crippen molar-refractivity contribution in [3.63, 3.8) is 0 Å². The Kier molecular flexibility index (Phi) is 9.22. The maximum Gasteiger partial charge on any atom is 0.208 e. The van der Waals surface area contributed by atoms with Crippen LogP contribution >= 0.6 is 11.8 Å². The average Bonchev–Trinajstić information content (AvgIpc) is 3.18. The number of methoxy groups -OCH3 is 1. The van der Waals surface area contributed by atoms with Gasteiger partial charge in [-0.25, -0.2) is 4.98 Å². The summed E-state index contributed by atoms with van der Waals surface area (Å²) in [4.78, 5) is 6.46. The number of nitrogens with one attached hydrogen (secondary N) is 2. The molecular weight excluding hydrogens is 406 g/mol. The molecule has 2 aromatic rings. The zero-order valence-corrected chi connectivity index (χ0v) is 18.4. The zero-order chi connectivity index (χ0) is 21.2. The van der Waals surface area contributed by atoms with Gasteiger partial charge in [-0.2, -0.15) is 0 Å². The molecule has 0 spiro atoms. The smallest absolute Gasteiger partial charge is 0.208 e. The van der Waals surface area contributed by atoms with Gasteiger partial charge in [0.1, 0.15) is 18.5 Å². The third kappa shape index (κ3) is 7.44. The van der Waals surface area contributed by atoms with Gasteiger partial charge >= 0.3 is 0 Å². The minimum Gasteiger partial charge on any atom is -0.493 e. The molecule has 0 unspecified atom stereocenters. The number of ether oxygens (including phenoxy) is 3. The van der Waals surface area contributed by atoms with Crippen molar-refractivity contribution in [2.24, 2.45) is 0 Å². The van der Waals surface area contributed by atoms with E-state index >= 15 is 0 Å². The summed E-state index contributed by atoms with van der Waals surface area (Å²) >= 11 is 1.61. The molecule has 30 heavy (non-hydrogen) atoms. The molecule has 1 aliphatic heterocycles. The number of aliphatic hydroxyl groups excluding tert-OH is 1. The number of β-amino-alcohol motifs (C(OH)–C–C–N with tert-alkyl or cyclic N) is 1. The first-order valence-electron chi connectivity index (χ1n) is 10.1. The summed E-state index contributed by atoms with van der Waals surface area (Å²) < 4.78 is 16.6. The van der Waals surface area contributed by atoms with Gasteiger partial charge in [0.25, 0.3) is 0 Å². The molecule has 1 aliphatic rings. The lowest BCUT2D eigenvalue weighted by Crippen LogP contribution is -2.42. The van der Waals surface area contributed by atoms with Crippen LogP contribution in [-0.4, -0.2) is 90.2 Å². The second-order valence-electron chi connectivity index (χ2n) is 7.09. The van der Waals surface area contributed by atoms with E-state index in [1.165, 1.54) is 0 Å². The van der Waals surface area contributed by atoms with Crippen molar-refractivity contribution in [2.75, 3.05) is 58.9 Å². The Morgan fingerprint density at radius 3 is 2.90 bits per heavy atom. The lowest BCUT2D eigenvalue weighted by molar-refractivity contribution is 0.00445. The zero-order valence-electron chi connectivity index (χ0n) is 17.6. The number of rotatable bonds is 12. The minimum atomic E-state index is -0.556. The maximum absolute atomic E-state index is 10.3. The number of aliphatic hydroxyl groups is 1. The largest absolute Gasteiger partial charge is 0.493 e. The van der Waals surface area contributed by atoms with E-state index in [1.807, 2.05) is 25.1 Å². The summed E-state index contributed by atoms with van der Waals surface area (Å²) in [5.74, 6) is 3.01. The van der Waals surface area contributed by atoms with Crippen LogP contribution in [0, 0.1) is 6.92 Å². The number of hydrogen-bond acceptors (Lipinski definition) is 9. The predicted molar refractivity (Wildman–Crippen MR) is 115 cm³/mol. The first kappa shape index (κ1) is 22.8. The Balaban J connectivity index is 1.38. The number of morpholine rings is 1. The number of nitrogens with zero attached hydrogens (tertiary/aromatic N) is 3. The quantitative estimate of drug-likeness (QED) is 0.332. The highest BCUT2D eigenvalue weighted by Crippen LogP contribution is 2.28. The van der Waals surface area contributed by atoms with Crippen molar-refractivity contribution in [3.8, 4) is 11.5 Å². The predicted octanol–water partition coefficient (Wildman–Crippen LogP) is 1.08. The molecule has 0 amide bonds. The Hall–Kier alpha value is -1.85. The normalized spacial score (nSPS) is 15.8. The fourth-order valence-corrected chi connectivity index (χ4v) is 3.84. The van der Waals surface area contributed by atoms with Gasteiger partial charge < -0.3 is 24.6 Å². The van der Waals surface area contributed by atoms with Crippen LogP contribution in [0.25, 0.3) is 0 Å². The molecule has 1 saturated heterocycles. The number of aromatic amines is 1. The van der Waals surface area contributed by atoms with Crippen LogP contribution in [0.15, 0.2) is 23.4 Å². The Morgan fingerprint density at radius 2 is 2.17 bits per heavy atom. The summed E-state index contributed by atoms with van der Waals surface area (Å²) in [7, 11) is 1.62. The average molecular weight is 438 g/mol. The van der Waals surface area contributed by atoms with Crippen molar-refractivity contribution >= 4 is 11.8 Å². The van der Waals surface area contributed by atoms with Gasteiger partial charge in [0.15, 0.2) is 11.5 Å². The minimum absolute atomic E-state index is 0.225. The lowest BCUT2D eigenvalue weighted by atomic mass is 10.2. The molecule has 2 heterocycles. The second kappa shape index (κ2) is 12.1. The van der Waals surface area contributed by atoms with Gasteiger partial charge in [-0.15, -0.1) is 5.10 Å². The van der Waals surface area contributed by atoms with Crippen molar-refractivity contribution < 1.29 is 19.3 Å². The summed E-state index contributed by atoms with van der Waals surface area (Å²) in [5.41, 5.74) is 1.10. The van der Waals surface area contributed by atoms with Crippen LogP contribution in [-0.2, 0) is 11.3 Å². The van der Waals surface area contributed by atoms with Crippen LogP contribution in [0.5, 0.6) is 11.5 Å². The highest BCUT2D eigenvalue weighted by molar-refractivity contribution is 7.99. The SMILES string of the molecule is COc1cc(CNCCSc2n[nH]c(C)n2)ccc1OC[C@H](O)CN1CCOCC1. The molecule has 1 aromatic carbocycles. The maximum atomic E-state index is 10.3. The lowest BCUT2D eigenvalue weighted by Gasteiger charge is -2.28. The van der Waals surface area contributed by atoms with Gasteiger partial charge in [0, 0.05) is 38.5 Å². The standard InChI is InChI=1S/C20H31N5O4S/c1-15-22-20(24-23-15)30-10-5-21-12-16-3-4-18(19(11-16)27-2)29-14-17(26)13-25-6-8-28-9-7-25/h3-4,11,17,21,26H,5-10,12-14H2,1-2H3,(H,22,23,24)/t17-/m1/s1. The molecule has 10 heteroatoms. The molecule has 0 bridgehead atoms. The molecule has 1 aromatic heterocycles. The van der Waals surface area contributed by atoms with Crippen LogP contribution < -0.4 is 14.8 Å². The van der Waals surface area contributed by atoms with E-state index in [1.54, 1.807) is 18.9 Å². The Morgan fingerprint density at radius 1 is 1.33 bits per heavy atom. The highest BCUT2D eigenvalue weighted by atomic mass is 32.2. The van der Waals surface area contributed by atoms with Crippen LogP contribution in [0.2, 0.25) is 0 Å². The van der Waals surface area contributed by atoms with Crippen LogP contribution in [0.4, 0.5) is 0 Å². The van der Waals surface area contributed by atoms with Gasteiger partial charge in [-0.3, -0.25) is 10.00 Å².